The fourth-order valence-corrected chi connectivity index (χ4v) is 3.71. The molecule has 7 nitrogen and oxygen atoms in total. The lowest BCUT2D eigenvalue weighted by molar-refractivity contribution is -0.140. The number of nitrogens with one attached hydrogen (secondary N) is 1. The van der Waals surface area contributed by atoms with Crippen LogP contribution in [0.3, 0.4) is 0 Å². The number of aryl methyl sites for hydroxylation is 1. The highest BCUT2D eigenvalue weighted by atomic mass is 16.4. The molecule has 3 aromatic rings. The number of fused-ring (bicyclic) bond motifs is 1. The highest BCUT2D eigenvalue weighted by Gasteiger charge is 2.35. The zero-order chi connectivity index (χ0) is 20.7. The van der Waals surface area contributed by atoms with Crippen LogP contribution in [0.25, 0.3) is 22.5 Å². The van der Waals surface area contributed by atoms with E-state index in [0.717, 1.165) is 33.4 Å². The fraction of sp³-hybridized carbons (Fsp3) is 0.136. The SMILES string of the molecule is Cc1cc(/C=C2/NC(=O)N(CC(=O)O)C2=O)c(C)n1-c1cccc2ccccc12. The molecule has 1 aromatic heterocycles. The molecule has 1 aliphatic heterocycles. The van der Waals surface area contributed by atoms with E-state index >= 15 is 0 Å². The normalized spacial score (nSPS) is 15.4. The third-order valence-electron chi connectivity index (χ3n) is 5.03. The quantitative estimate of drug-likeness (QED) is 0.529. The van der Waals surface area contributed by atoms with Gasteiger partial charge >= 0.3 is 12.0 Å². The van der Waals surface area contributed by atoms with Crippen molar-refractivity contribution >= 4 is 34.8 Å². The number of rotatable bonds is 4. The first-order valence-corrected chi connectivity index (χ1v) is 9.10. The molecule has 4 rings (SSSR count). The van der Waals surface area contributed by atoms with Crippen molar-refractivity contribution in [2.24, 2.45) is 0 Å². The summed E-state index contributed by atoms with van der Waals surface area (Å²) in [7, 11) is 0. The van der Waals surface area contributed by atoms with Gasteiger partial charge in [-0.25, -0.2) is 9.69 Å². The molecular weight excluding hydrogens is 370 g/mol. The Hall–Kier alpha value is -3.87. The van der Waals surface area contributed by atoms with Gasteiger partial charge in [0.2, 0.25) is 0 Å². The number of nitrogens with zero attached hydrogens (tertiary/aromatic N) is 2. The van der Waals surface area contributed by atoms with Crippen LogP contribution in [-0.4, -0.2) is 39.0 Å². The molecule has 0 radical (unpaired) electrons. The number of carboxylic acid groups (broad SMARTS) is 1. The molecule has 7 heteroatoms. The molecule has 2 heterocycles. The molecule has 2 N–H and O–H groups in total. The number of imide groups is 1. The molecule has 0 bridgehead atoms. The van der Waals surface area contributed by atoms with Crippen molar-refractivity contribution in [2.75, 3.05) is 6.54 Å². The van der Waals surface area contributed by atoms with E-state index in [1.165, 1.54) is 0 Å². The van der Waals surface area contributed by atoms with Crippen LogP contribution in [0.5, 0.6) is 0 Å². The average molecular weight is 389 g/mol. The molecule has 0 atom stereocenters. The molecule has 0 saturated carbocycles. The van der Waals surface area contributed by atoms with Crippen molar-refractivity contribution in [3.8, 4) is 5.69 Å². The van der Waals surface area contributed by atoms with Gasteiger partial charge in [0.15, 0.2) is 0 Å². The Bertz CT molecular complexity index is 1200. The van der Waals surface area contributed by atoms with Crippen LogP contribution in [0.4, 0.5) is 4.79 Å². The number of carboxylic acids is 1. The molecule has 1 aliphatic rings. The van der Waals surface area contributed by atoms with Crippen LogP contribution in [0.15, 0.2) is 54.2 Å². The van der Waals surface area contributed by atoms with Crippen molar-refractivity contribution in [1.29, 1.82) is 0 Å². The minimum atomic E-state index is -1.25. The topological polar surface area (TPSA) is 91.6 Å². The van der Waals surface area contributed by atoms with Crippen molar-refractivity contribution in [2.45, 2.75) is 13.8 Å². The number of aromatic nitrogens is 1. The van der Waals surface area contributed by atoms with Gasteiger partial charge in [-0.05, 0) is 43.0 Å². The third-order valence-corrected chi connectivity index (χ3v) is 5.03. The van der Waals surface area contributed by atoms with Crippen LogP contribution in [0, 0.1) is 13.8 Å². The van der Waals surface area contributed by atoms with E-state index in [-0.39, 0.29) is 5.70 Å². The van der Waals surface area contributed by atoms with Crippen molar-refractivity contribution in [1.82, 2.24) is 14.8 Å². The Balaban J connectivity index is 1.77. The summed E-state index contributed by atoms with van der Waals surface area (Å²) in [6, 6.07) is 15.4. The standard InChI is InChI=1S/C22H19N3O4/c1-13-10-16(11-18-21(28)24(12-20(26)27)22(29)23-18)14(2)25(13)19-9-5-7-15-6-3-4-8-17(15)19/h3-11H,12H2,1-2H3,(H,23,29)(H,26,27)/b18-11+. The van der Waals surface area contributed by atoms with E-state index < -0.39 is 24.5 Å². The summed E-state index contributed by atoms with van der Waals surface area (Å²) < 4.78 is 2.10. The molecule has 0 unspecified atom stereocenters. The third kappa shape index (κ3) is 3.16. The van der Waals surface area contributed by atoms with E-state index in [2.05, 4.69) is 28.1 Å². The highest BCUT2D eigenvalue weighted by molar-refractivity contribution is 6.15. The predicted octanol–water partition coefficient (Wildman–Crippen LogP) is 3.22. The number of benzene rings is 2. The smallest absolute Gasteiger partial charge is 0.329 e. The Morgan fingerprint density at radius 3 is 2.59 bits per heavy atom. The number of carbonyl (C=O) groups is 3. The Kier molecular flexibility index (Phi) is 4.43. The summed E-state index contributed by atoms with van der Waals surface area (Å²) in [6.45, 7) is 3.25. The number of carbonyl (C=O) groups excluding carboxylic acids is 2. The minimum absolute atomic E-state index is 0.0643. The maximum Gasteiger partial charge on any atom is 0.329 e. The second-order valence-corrected chi connectivity index (χ2v) is 6.93. The lowest BCUT2D eigenvalue weighted by Gasteiger charge is -2.13. The molecule has 146 valence electrons. The van der Waals surface area contributed by atoms with Gasteiger partial charge in [-0.15, -0.1) is 0 Å². The lowest BCUT2D eigenvalue weighted by atomic mass is 10.1. The van der Waals surface area contributed by atoms with E-state index in [1.807, 2.05) is 44.2 Å². The second kappa shape index (κ2) is 6.94. The van der Waals surface area contributed by atoms with E-state index in [4.69, 9.17) is 5.11 Å². The Labute approximate surface area is 166 Å². The van der Waals surface area contributed by atoms with Gasteiger partial charge < -0.3 is 15.0 Å². The zero-order valence-corrected chi connectivity index (χ0v) is 16.0. The first-order chi connectivity index (χ1) is 13.9. The van der Waals surface area contributed by atoms with Gasteiger partial charge in [0.25, 0.3) is 5.91 Å². The molecule has 3 amide bonds. The van der Waals surface area contributed by atoms with E-state index in [9.17, 15) is 14.4 Å². The van der Waals surface area contributed by atoms with E-state index in [0.29, 0.717) is 4.90 Å². The summed E-state index contributed by atoms with van der Waals surface area (Å²) in [5.41, 5.74) is 3.75. The Morgan fingerprint density at radius 2 is 1.83 bits per heavy atom. The minimum Gasteiger partial charge on any atom is -0.480 e. The highest BCUT2D eigenvalue weighted by Crippen LogP contribution is 2.28. The first kappa shape index (κ1) is 18.5. The molecule has 2 aromatic carbocycles. The molecule has 29 heavy (non-hydrogen) atoms. The van der Waals surface area contributed by atoms with E-state index in [1.54, 1.807) is 6.08 Å². The van der Waals surface area contributed by atoms with Gasteiger partial charge in [0.05, 0.1) is 5.69 Å². The number of urea groups is 1. The number of aliphatic carboxylic acids is 1. The average Bonchev–Trinajstić information content (AvgIpc) is 3.11. The lowest BCUT2D eigenvalue weighted by Crippen LogP contribution is -2.35. The van der Waals surface area contributed by atoms with Crippen LogP contribution in [0.1, 0.15) is 17.0 Å². The van der Waals surface area contributed by atoms with Gasteiger partial charge in [-0.1, -0.05) is 36.4 Å². The van der Waals surface area contributed by atoms with Gasteiger partial charge in [0, 0.05) is 16.8 Å². The fourth-order valence-electron chi connectivity index (χ4n) is 3.71. The van der Waals surface area contributed by atoms with Crippen molar-refractivity contribution in [3.05, 3.63) is 71.2 Å². The maximum absolute atomic E-state index is 12.4. The first-order valence-electron chi connectivity index (χ1n) is 9.10. The maximum atomic E-state index is 12.4. The molecule has 1 fully saturated rings. The number of amides is 3. The van der Waals surface area contributed by atoms with Gasteiger partial charge in [0.1, 0.15) is 12.2 Å². The molecule has 1 saturated heterocycles. The van der Waals surface area contributed by atoms with Gasteiger partial charge in [-0.3, -0.25) is 9.59 Å². The largest absolute Gasteiger partial charge is 0.480 e. The summed E-state index contributed by atoms with van der Waals surface area (Å²) in [6.07, 6.45) is 1.59. The van der Waals surface area contributed by atoms with Crippen LogP contribution in [0.2, 0.25) is 0 Å². The van der Waals surface area contributed by atoms with Crippen LogP contribution < -0.4 is 5.32 Å². The van der Waals surface area contributed by atoms with Gasteiger partial charge in [-0.2, -0.15) is 0 Å². The zero-order valence-electron chi connectivity index (χ0n) is 16.0. The monoisotopic (exact) mass is 389 g/mol. The van der Waals surface area contributed by atoms with Crippen molar-refractivity contribution in [3.63, 3.8) is 0 Å². The number of hydrogen-bond acceptors (Lipinski definition) is 3. The van der Waals surface area contributed by atoms with Crippen molar-refractivity contribution < 1.29 is 19.5 Å². The van der Waals surface area contributed by atoms with Crippen LogP contribution in [-0.2, 0) is 9.59 Å². The predicted molar refractivity (Wildman–Crippen MR) is 109 cm³/mol. The molecule has 0 spiro atoms. The summed E-state index contributed by atoms with van der Waals surface area (Å²) in [5, 5.41) is 13.6. The Morgan fingerprint density at radius 1 is 1.10 bits per heavy atom. The summed E-state index contributed by atoms with van der Waals surface area (Å²) in [5.74, 6) is -1.89. The number of hydrogen-bond donors (Lipinski definition) is 2. The molecule has 0 aliphatic carbocycles. The summed E-state index contributed by atoms with van der Waals surface area (Å²) in [4.78, 5) is 35.9. The second-order valence-electron chi connectivity index (χ2n) is 6.93. The molecular formula is C22H19N3O4. The summed E-state index contributed by atoms with van der Waals surface area (Å²) >= 11 is 0. The van der Waals surface area contributed by atoms with Crippen LogP contribution >= 0.6 is 0 Å².